The summed E-state index contributed by atoms with van der Waals surface area (Å²) < 4.78 is 15.9. The van der Waals surface area contributed by atoms with Crippen LogP contribution in [-0.2, 0) is 4.79 Å². The zero-order valence-corrected chi connectivity index (χ0v) is 21.0. The number of aliphatic hydroxyl groups is 1. The van der Waals surface area contributed by atoms with Gasteiger partial charge in [-0.1, -0.05) is 0 Å². The Labute approximate surface area is 213 Å². The van der Waals surface area contributed by atoms with Gasteiger partial charge in [0.25, 0.3) is 5.91 Å². The van der Waals surface area contributed by atoms with E-state index in [0.29, 0.717) is 29.1 Å². The third-order valence-corrected chi connectivity index (χ3v) is 6.45. The van der Waals surface area contributed by atoms with E-state index in [1.165, 1.54) is 33.2 Å². The monoisotopic (exact) mass is 507 g/mol. The Bertz CT molecular complexity index is 1360. The van der Waals surface area contributed by atoms with Gasteiger partial charge in [0, 0.05) is 25.2 Å². The minimum Gasteiger partial charge on any atom is -0.387 e. The second kappa shape index (κ2) is 10.5. The molecule has 0 aromatic carbocycles. The van der Waals surface area contributed by atoms with E-state index in [2.05, 4.69) is 32.1 Å². The van der Waals surface area contributed by atoms with E-state index < -0.39 is 17.7 Å². The number of alkyl halides is 1. The lowest BCUT2D eigenvalue weighted by Gasteiger charge is -2.23. The summed E-state index contributed by atoms with van der Waals surface area (Å²) in [6.45, 7) is 3.81. The number of fused-ring (bicyclic) bond motifs is 1. The number of pyridine rings is 1. The van der Waals surface area contributed by atoms with Crippen LogP contribution in [0.15, 0.2) is 36.7 Å². The molecule has 4 N–H and O–H groups in total. The van der Waals surface area contributed by atoms with Crippen LogP contribution in [0, 0.1) is 11.3 Å². The fourth-order valence-corrected chi connectivity index (χ4v) is 4.43. The fourth-order valence-electron chi connectivity index (χ4n) is 4.43. The molecule has 4 rings (SSSR count). The van der Waals surface area contributed by atoms with Crippen LogP contribution in [0.3, 0.4) is 0 Å². The molecule has 3 atom stereocenters. The molecule has 0 spiro atoms. The molecule has 11 heteroatoms. The van der Waals surface area contributed by atoms with Crippen molar-refractivity contribution in [3.63, 3.8) is 0 Å². The number of hydrogen-bond acceptors (Lipinski definition) is 7. The van der Waals surface area contributed by atoms with Crippen molar-refractivity contribution in [3.8, 4) is 17.5 Å². The van der Waals surface area contributed by atoms with Gasteiger partial charge in [0.1, 0.15) is 12.2 Å². The highest BCUT2D eigenvalue weighted by atomic mass is 19.1. The largest absolute Gasteiger partial charge is 0.387 e. The number of hydrogen-bond donors (Lipinski definition) is 4. The summed E-state index contributed by atoms with van der Waals surface area (Å²) in [6, 6.07) is 9.22. The Morgan fingerprint density at radius 3 is 2.73 bits per heavy atom. The highest BCUT2D eigenvalue weighted by Crippen LogP contribution is 2.29. The van der Waals surface area contributed by atoms with Gasteiger partial charge in [0.2, 0.25) is 5.91 Å². The predicted molar refractivity (Wildman–Crippen MR) is 136 cm³/mol. The van der Waals surface area contributed by atoms with Crippen LogP contribution in [-0.4, -0.2) is 61.9 Å². The zero-order valence-electron chi connectivity index (χ0n) is 21.0. The number of carbonyl (C=O) groups excluding carboxylic acids is 2. The summed E-state index contributed by atoms with van der Waals surface area (Å²) in [5.41, 5.74) is 1.53. The SMILES string of the molecule is CC(=O)N[C@@H]1CC[C@@H](Nc2cc(-c3ccc4cc(C#N)cnn34)ncc2C(=O)NCC(F)C(C)(C)O)C1. The number of anilines is 1. The molecule has 1 aliphatic rings. The van der Waals surface area contributed by atoms with Crippen molar-refractivity contribution < 1.29 is 19.1 Å². The third kappa shape index (κ3) is 6.03. The highest BCUT2D eigenvalue weighted by molar-refractivity contribution is 6.00. The first kappa shape index (κ1) is 26.0. The Morgan fingerprint density at radius 2 is 2.03 bits per heavy atom. The van der Waals surface area contributed by atoms with E-state index in [0.717, 1.165) is 18.4 Å². The lowest BCUT2D eigenvalue weighted by atomic mass is 10.0. The molecule has 37 heavy (non-hydrogen) atoms. The van der Waals surface area contributed by atoms with E-state index in [-0.39, 0.29) is 30.1 Å². The van der Waals surface area contributed by atoms with Crippen LogP contribution in [0.25, 0.3) is 16.9 Å². The highest BCUT2D eigenvalue weighted by Gasteiger charge is 2.29. The minimum atomic E-state index is -1.65. The van der Waals surface area contributed by atoms with Gasteiger partial charge in [0.15, 0.2) is 0 Å². The minimum absolute atomic E-state index is 0.00400. The van der Waals surface area contributed by atoms with Crippen LogP contribution in [0.1, 0.15) is 56.0 Å². The van der Waals surface area contributed by atoms with Gasteiger partial charge >= 0.3 is 0 Å². The Morgan fingerprint density at radius 1 is 1.27 bits per heavy atom. The summed E-state index contributed by atoms with van der Waals surface area (Å²) in [5.74, 6) is -0.613. The van der Waals surface area contributed by atoms with E-state index in [9.17, 15) is 19.1 Å². The number of nitriles is 1. The summed E-state index contributed by atoms with van der Waals surface area (Å²) in [4.78, 5) is 29.0. The van der Waals surface area contributed by atoms with Gasteiger partial charge in [-0.2, -0.15) is 10.4 Å². The molecule has 0 saturated heterocycles. The normalized spacial score (nSPS) is 18.3. The molecular formula is C26H30FN7O3. The Hall–Kier alpha value is -4.04. The molecule has 3 heterocycles. The molecule has 10 nitrogen and oxygen atoms in total. The number of carbonyl (C=O) groups is 2. The average Bonchev–Trinajstić information content (AvgIpc) is 3.47. The maximum absolute atomic E-state index is 14.3. The predicted octanol–water partition coefficient (Wildman–Crippen LogP) is 2.58. The van der Waals surface area contributed by atoms with Crippen molar-refractivity contribution in [3.05, 3.63) is 47.8 Å². The molecule has 0 radical (unpaired) electrons. The van der Waals surface area contributed by atoms with Crippen LogP contribution in [0.2, 0.25) is 0 Å². The average molecular weight is 508 g/mol. The maximum atomic E-state index is 14.3. The lowest BCUT2D eigenvalue weighted by molar-refractivity contribution is -0.119. The second-order valence-corrected chi connectivity index (χ2v) is 9.91. The quantitative estimate of drug-likeness (QED) is 0.367. The summed E-state index contributed by atoms with van der Waals surface area (Å²) in [6.07, 6.45) is 3.53. The first-order valence-electron chi connectivity index (χ1n) is 12.1. The Kier molecular flexibility index (Phi) is 7.40. The van der Waals surface area contributed by atoms with E-state index in [1.54, 1.807) is 16.6 Å². The van der Waals surface area contributed by atoms with Gasteiger partial charge in [-0.3, -0.25) is 14.6 Å². The fraction of sp³-hybridized carbons (Fsp3) is 0.423. The molecule has 0 aliphatic heterocycles. The first-order chi connectivity index (χ1) is 17.5. The van der Waals surface area contributed by atoms with E-state index >= 15 is 0 Å². The third-order valence-electron chi connectivity index (χ3n) is 6.45. The smallest absolute Gasteiger partial charge is 0.255 e. The van der Waals surface area contributed by atoms with Crippen molar-refractivity contribution in [1.82, 2.24) is 25.2 Å². The number of rotatable bonds is 8. The van der Waals surface area contributed by atoms with Crippen LogP contribution in [0.4, 0.5) is 10.1 Å². The molecular weight excluding hydrogens is 477 g/mol. The number of halogens is 1. The van der Waals surface area contributed by atoms with Crippen molar-refractivity contribution in [2.75, 3.05) is 11.9 Å². The molecule has 1 saturated carbocycles. The van der Waals surface area contributed by atoms with Gasteiger partial charge in [-0.25, -0.2) is 8.91 Å². The molecule has 194 valence electrons. The summed E-state index contributed by atoms with van der Waals surface area (Å²) in [7, 11) is 0. The second-order valence-electron chi connectivity index (χ2n) is 9.91. The van der Waals surface area contributed by atoms with Gasteiger partial charge < -0.3 is 21.1 Å². The van der Waals surface area contributed by atoms with Gasteiger partial charge in [-0.05, 0) is 57.4 Å². The molecule has 1 aliphatic carbocycles. The van der Waals surface area contributed by atoms with Crippen LogP contribution in [0.5, 0.6) is 0 Å². The first-order valence-corrected chi connectivity index (χ1v) is 12.1. The summed E-state index contributed by atoms with van der Waals surface area (Å²) >= 11 is 0. The van der Waals surface area contributed by atoms with Crippen LogP contribution < -0.4 is 16.0 Å². The van der Waals surface area contributed by atoms with Gasteiger partial charge in [0.05, 0.1) is 52.1 Å². The number of aromatic nitrogens is 3. The molecule has 1 fully saturated rings. The van der Waals surface area contributed by atoms with Crippen LogP contribution >= 0.6 is 0 Å². The summed E-state index contributed by atoms with van der Waals surface area (Å²) in [5, 5.41) is 32.2. The molecule has 1 unspecified atom stereocenters. The number of nitrogens with one attached hydrogen (secondary N) is 3. The Balaban J connectivity index is 1.63. The van der Waals surface area contributed by atoms with Crippen molar-refractivity contribution >= 4 is 23.0 Å². The molecule has 0 bridgehead atoms. The lowest BCUT2D eigenvalue weighted by Crippen LogP contribution is -2.42. The van der Waals surface area contributed by atoms with E-state index in [1.807, 2.05) is 12.1 Å². The molecule has 3 aromatic rings. The zero-order chi connectivity index (χ0) is 26.7. The van der Waals surface area contributed by atoms with Crippen molar-refractivity contribution in [1.29, 1.82) is 5.26 Å². The topological polar surface area (TPSA) is 144 Å². The number of nitrogens with zero attached hydrogens (tertiary/aromatic N) is 4. The number of amides is 2. The van der Waals surface area contributed by atoms with Crippen molar-refractivity contribution in [2.24, 2.45) is 0 Å². The molecule has 3 aromatic heterocycles. The standard InChI is InChI=1S/C26H30FN7O3/c1-15(35)32-17-4-5-18(9-17)33-21-10-22(23-7-6-19-8-16(11-28)12-31-34(19)23)29-13-20(21)25(36)30-14-24(27)26(2,3)37/h6-8,10,12-13,17-18,24,37H,4-5,9,14H2,1-3H3,(H,29,33)(H,30,36)(H,32,35)/t17-,18-,24?/m1/s1. The molecule has 2 amide bonds. The van der Waals surface area contributed by atoms with E-state index in [4.69, 9.17) is 5.26 Å². The van der Waals surface area contributed by atoms with Gasteiger partial charge in [-0.15, -0.1) is 0 Å². The maximum Gasteiger partial charge on any atom is 0.255 e. The van der Waals surface area contributed by atoms with Crippen molar-refractivity contribution in [2.45, 2.75) is 63.9 Å².